The summed E-state index contributed by atoms with van der Waals surface area (Å²) in [6, 6.07) is 7.76. The monoisotopic (exact) mass is 347 g/mol. The Morgan fingerprint density at radius 2 is 2.08 bits per heavy atom. The summed E-state index contributed by atoms with van der Waals surface area (Å²) in [5.74, 6) is 0. The van der Waals surface area contributed by atoms with E-state index in [1.165, 1.54) is 6.20 Å². The zero-order chi connectivity index (χ0) is 18.6. The maximum atomic E-state index is 11.6. The van der Waals surface area contributed by atoms with Crippen molar-refractivity contribution in [2.75, 3.05) is 6.54 Å². The van der Waals surface area contributed by atoms with Crippen LogP contribution in [0.25, 0.3) is 5.69 Å². The minimum atomic E-state index is -1.18. The largest absolute Gasteiger partial charge is 0.444 e. The molecule has 25 heavy (non-hydrogen) atoms. The lowest BCUT2D eigenvalue weighted by atomic mass is 10.1. The van der Waals surface area contributed by atoms with E-state index in [9.17, 15) is 15.0 Å². The van der Waals surface area contributed by atoms with Crippen LogP contribution in [0, 0.1) is 6.92 Å². The molecule has 7 heteroatoms. The SMILES string of the molecule is Cc1cccc(-n2cc(C(O)C(O)CNC(=O)OC(C)(C)C)cn2)c1. The van der Waals surface area contributed by atoms with Crippen molar-refractivity contribution < 1.29 is 19.7 Å². The van der Waals surface area contributed by atoms with E-state index in [0.717, 1.165) is 11.3 Å². The molecule has 1 heterocycles. The summed E-state index contributed by atoms with van der Waals surface area (Å²) < 4.78 is 6.71. The van der Waals surface area contributed by atoms with Gasteiger partial charge in [-0.2, -0.15) is 5.10 Å². The van der Waals surface area contributed by atoms with E-state index in [2.05, 4.69) is 10.4 Å². The molecule has 0 aliphatic rings. The van der Waals surface area contributed by atoms with Crippen molar-refractivity contribution in [1.82, 2.24) is 15.1 Å². The van der Waals surface area contributed by atoms with Crippen molar-refractivity contribution in [1.29, 1.82) is 0 Å². The Bertz CT molecular complexity index is 721. The van der Waals surface area contributed by atoms with Crippen LogP contribution in [0.15, 0.2) is 36.7 Å². The fourth-order valence-electron chi connectivity index (χ4n) is 2.24. The van der Waals surface area contributed by atoms with Gasteiger partial charge in [-0.05, 0) is 45.4 Å². The molecule has 0 bridgehead atoms. The number of benzene rings is 1. The third-order valence-electron chi connectivity index (χ3n) is 3.43. The van der Waals surface area contributed by atoms with Crippen LogP contribution in [-0.4, -0.2) is 44.3 Å². The summed E-state index contributed by atoms with van der Waals surface area (Å²) in [6.45, 7) is 7.09. The fourth-order valence-corrected chi connectivity index (χ4v) is 2.24. The molecule has 7 nitrogen and oxygen atoms in total. The van der Waals surface area contributed by atoms with Crippen LogP contribution < -0.4 is 5.32 Å². The molecular formula is C18H25N3O4. The number of hydrogen-bond donors (Lipinski definition) is 3. The van der Waals surface area contributed by atoms with Gasteiger partial charge in [-0.1, -0.05) is 12.1 Å². The lowest BCUT2D eigenvalue weighted by Gasteiger charge is -2.21. The summed E-state index contributed by atoms with van der Waals surface area (Å²) in [5, 5.41) is 27.0. The van der Waals surface area contributed by atoms with Gasteiger partial charge in [-0.3, -0.25) is 0 Å². The highest BCUT2D eigenvalue weighted by molar-refractivity contribution is 5.67. The smallest absolute Gasteiger partial charge is 0.407 e. The average molecular weight is 347 g/mol. The number of aliphatic hydroxyl groups excluding tert-OH is 2. The second-order valence-electron chi connectivity index (χ2n) is 6.95. The molecule has 2 aromatic rings. The van der Waals surface area contributed by atoms with E-state index in [1.54, 1.807) is 31.6 Å². The number of nitrogens with zero attached hydrogens (tertiary/aromatic N) is 2. The summed E-state index contributed by atoms with van der Waals surface area (Å²) in [4.78, 5) is 11.6. The number of aliphatic hydroxyl groups is 2. The van der Waals surface area contributed by atoms with Gasteiger partial charge in [0.15, 0.2) is 0 Å². The fraction of sp³-hybridized carbons (Fsp3) is 0.444. The van der Waals surface area contributed by atoms with Gasteiger partial charge in [0.05, 0.1) is 11.9 Å². The third kappa shape index (κ3) is 5.58. The Morgan fingerprint density at radius 1 is 1.36 bits per heavy atom. The van der Waals surface area contributed by atoms with Gasteiger partial charge in [0, 0.05) is 18.3 Å². The first-order valence-corrected chi connectivity index (χ1v) is 8.10. The lowest BCUT2D eigenvalue weighted by Crippen LogP contribution is -2.38. The molecule has 0 saturated carbocycles. The number of rotatable bonds is 5. The van der Waals surface area contributed by atoms with Crippen LogP contribution in [0.5, 0.6) is 0 Å². The summed E-state index contributed by atoms with van der Waals surface area (Å²) >= 11 is 0. The molecule has 1 aromatic carbocycles. The zero-order valence-corrected chi connectivity index (χ0v) is 14.9. The first-order chi connectivity index (χ1) is 11.7. The topological polar surface area (TPSA) is 96.6 Å². The molecule has 0 saturated heterocycles. The molecule has 1 amide bonds. The number of alkyl carbamates (subject to hydrolysis) is 1. The molecule has 0 fully saturated rings. The first kappa shape index (κ1) is 19.0. The minimum absolute atomic E-state index is 0.133. The highest BCUT2D eigenvalue weighted by atomic mass is 16.6. The molecule has 0 radical (unpaired) electrons. The summed E-state index contributed by atoms with van der Waals surface area (Å²) in [5.41, 5.74) is 1.79. The zero-order valence-electron chi connectivity index (χ0n) is 14.9. The molecule has 2 atom stereocenters. The predicted octanol–water partition coefficient (Wildman–Crippen LogP) is 2.10. The van der Waals surface area contributed by atoms with E-state index >= 15 is 0 Å². The molecule has 0 spiro atoms. The van der Waals surface area contributed by atoms with Gasteiger partial charge in [-0.25, -0.2) is 9.48 Å². The van der Waals surface area contributed by atoms with Crippen molar-refractivity contribution in [3.8, 4) is 5.69 Å². The van der Waals surface area contributed by atoms with Gasteiger partial charge in [0.25, 0.3) is 0 Å². The lowest BCUT2D eigenvalue weighted by molar-refractivity contribution is 0.0129. The van der Waals surface area contributed by atoms with Gasteiger partial charge >= 0.3 is 6.09 Å². The van der Waals surface area contributed by atoms with Crippen LogP contribution >= 0.6 is 0 Å². The van der Waals surface area contributed by atoms with Crippen molar-refractivity contribution in [2.45, 2.75) is 45.5 Å². The van der Waals surface area contributed by atoms with E-state index in [0.29, 0.717) is 5.56 Å². The normalized spacial score (nSPS) is 14.0. The maximum absolute atomic E-state index is 11.6. The number of ether oxygens (including phenoxy) is 1. The molecule has 3 N–H and O–H groups in total. The van der Waals surface area contributed by atoms with Crippen LogP contribution in [0.3, 0.4) is 0 Å². The second-order valence-corrected chi connectivity index (χ2v) is 6.95. The summed E-state index contributed by atoms with van der Waals surface area (Å²) in [7, 11) is 0. The molecule has 2 unspecified atom stereocenters. The van der Waals surface area contributed by atoms with E-state index in [4.69, 9.17) is 4.74 Å². The minimum Gasteiger partial charge on any atom is -0.444 e. The van der Waals surface area contributed by atoms with Crippen LogP contribution in [0.1, 0.15) is 38.0 Å². The molecule has 1 aromatic heterocycles. The third-order valence-corrected chi connectivity index (χ3v) is 3.43. The van der Waals surface area contributed by atoms with E-state index in [1.807, 2.05) is 31.2 Å². The standard InChI is InChI=1S/C18H25N3O4/c1-12-6-5-7-14(8-12)21-11-13(9-20-21)16(23)15(22)10-19-17(24)25-18(2,3)4/h5-9,11,15-16,22-23H,10H2,1-4H3,(H,19,24). The Kier molecular flexibility index (Phi) is 5.81. The van der Waals surface area contributed by atoms with Gasteiger partial charge in [0.1, 0.15) is 17.8 Å². The molecular weight excluding hydrogens is 322 g/mol. The molecule has 0 aliphatic heterocycles. The Morgan fingerprint density at radius 3 is 2.72 bits per heavy atom. The number of aromatic nitrogens is 2. The van der Waals surface area contributed by atoms with Crippen molar-refractivity contribution in [3.05, 3.63) is 47.8 Å². The molecule has 136 valence electrons. The number of hydrogen-bond acceptors (Lipinski definition) is 5. The molecule has 2 rings (SSSR count). The van der Waals surface area contributed by atoms with E-state index in [-0.39, 0.29) is 6.54 Å². The Balaban J connectivity index is 1.96. The predicted molar refractivity (Wildman–Crippen MR) is 93.5 cm³/mol. The van der Waals surface area contributed by atoms with E-state index < -0.39 is 23.9 Å². The first-order valence-electron chi connectivity index (χ1n) is 8.10. The van der Waals surface area contributed by atoms with Crippen molar-refractivity contribution in [3.63, 3.8) is 0 Å². The van der Waals surface area contributed by atoms with Crippen LogP contribution in [0.4, 0.5) is 4.79 Å². The number of carbonyl (C=O) groups is 1. The van der Waals surface area contributed by atoms with Crippen LogP contribution in [-0.2, 0) is 4.74 Å². The highest BCUT2D eigenvalue weighted by Gasteiger charge is 2.22. The highest BCUT2D eigenvalue weighted by Crippen LogP contribution is 2.18. The number of amides is 1. The second kappa shape index (κ2) is 7.67. The average Bonchev–Trinajstić information content (AvgIpc) is 3.00. The van der Waals surface area contributed by atoms with Gasteiger partial charge in [-0.15, -0.1) is 0 Å². The van der Waals surface area contributed by atoms with Crippen molar-refractivity contribution >= 4 is 6.09 Å². The summed E-state index contributed by atoms with van der Waals surface area (Å²) in [6.07, 6.45) is 0.144. The van der Waals surface area contributed by atoms with Crippen LogP contribution in [0.2, 0.25) is 0 Å². The van der Waals surface area contributed by atoms with Gasteiger partial charge < -0.3 is 20.3 Å². The van der Waals surface area contributed by atoms with Gasteiger partial charge in [0.2, 0.25) is 0 Å². The van der Waals surface area contributed by atoms with Crippen molar-refractivity contribution in [2.24, 2.45) is 0 Å². The number of aryl methyl sites for hydroxylation is 1. The molecule has 0 aliphatic carbocycles. The Hall–Kier alpha value is -2.38. The Labute approximate surface area is 147 Å². The maximum Gasteiger partial charge on any atom is 0.407 e. The quantitative estimate of drug-likeness (QED) is 0.770. The number of nitrogens with one attached hydrogen (secondary N) is 1. The number of carbonyl (C=O) groups excluding carboxylic acids is 1.